The second-order valence-electron chi connectivity index (χ2n) is 6.45. The Labute approximate surface area is 143 Å². The van der Waals surface area contributed by atoms with Crippen molar-refractivity contribution in [1.29, 1.82) is 0 Å². The Balaban J connectivity index is 2.29. The summed E-state index contributed by atoms with van der Waals surface area (Å²) in [4.78, 5) is 14.4. The molecule has 7 nitrogen and oxygen atoms in total. The maximum atomic E-state index is 12.2. The summed E-state index contributed by atoms with van der Waals surface area (Å²) >= 11 is 0. The predicted octanol–water partition coefficient (Wildman–Crippen LogP) is 0.854. The Kier molecular flexibility index (Phi) is 6.06. The minimum Gasteiger partial charge on any atom is -0.367 e. The summed E-state index contributed by atoms with van der Waals surface area (Å²) in [6.07, 6.45) is 1.11. The van der Waals surface area contributed by atoms with Crippen molar-refractivity contribution in [3.05, 3.63) is 23.8 Å². The molecule has 0 aromatic heterocycles. The van der Waals surface area contributed by atoms with Crippen LogP contribution in [0.2, 0.25) is 0 Å². The Morgan fingerprint density at radius 1 is 1.29 bits per heavy atom. The van der Waals surface area contributed by atoms with Gasteiger partial charge in [0.15, 0.2) is 0 Å². The molecule has 2 rings (SSSR count). The Morgan fingerprint density at radius 3 is 2.54 bits per heavy atom. The molecule has 3 N–H and O–H groups in total. The first-order valence-corrected chi connectivity index (χ1v) is 10.0. The first-order valence-electron chi connectivity index (χ1n) is 8.12. The number of benzene rings is 1. The quantitative estimate of drug-likeness (QED) is 0.705. The monoisotopic (exact) mass is 354 g/mol. The third-order valence-corrected chi connectivity index (χ3v) is 4.27. The molecule has 1 saturated heterocycles. The van der Waals surface area contributed by atoms with E-state index in [2.05, 4.69) is 20.3 Å². The molecule has 1 aliphatic rings. The number of nitrogens with one attached hydrogen (secondary N) is 3. The molecular formula is C16H26N4O3S. The van der Waals surface area contributed by atoms with E-state index in [1.165, 1.54) is 0 Å². The number of carbonyl (C=O) groups excluding carboxylic acids is 1. The summed E-state index contributed by atoms with van der Waals surface area (Å²) < 4.78 is 25.9. The topological polar surface area (TPSA) is 90.5 Å². The number of amides is 1. The molecule has 1 aliphatic heterocycles. The number of rotatable bonds is 6. The van der Waals surface area contributed by atoms with E-state index in [1.54, 1.807) is 12.1 Å². The van der Waals surface area contributed by atoms with Gasteiger partial charge in [-0.1, -0.05) is 13.8 Å². The van der Waals surface area contributed by atoms with Crippen molar-refractivity contribution in [3.63, 3.8) is 0 Å². The van der Waals surface area contributed by atoms with Crippen LogP contribution in [0.1, 0.15) is 24.2 Å². The van der Waals surface area contributed by atoms with Crippen molar-refractivity contribution in [2.45, 2.75) is 13.8 Å². The van der Waals surface area contributed by atoms with Crippen LogP contribution in [0.5, 0.6) is 0 Å². The molecule has 0 unspecified atom stereocenters. The van der Waals surface area contributed by atoms with Crippen molar-refractivity contribution in [3.8, 4) is 0 Å². The Morgan fingerprint density at radius 2 is 1.96 bits per heavy atom. The number of nitrogens with zero attached hydrogens (tertiary/aromatic N) is 1. The highest BCUT2D eigenvalue weighted by Gasteiger charge is 2.18. The number of hydrogen-bond donors (Lipinski definition) is 3. The van der Waals surface area contributed by atoms with Crippen molar-refractivity contribution >= 4 is 27.3 Å². The smallest absolute Gasteiger partial charge is 0.251 e. The fourth-order valence-electron chi connectivity index (χ4n) is 2.54. The van der Waals surface area contributed by atoms with Gasteiger partial charge >= 0.3 is 0 Å². The molecule has 0 radical (unpaired) electrons. The van der Waals surface area contributed by atoms with Crippen LogP contribution in [0.15, 0.2) is 18.2 Å². The first-order chi connectivity index (χ1) is 11.3. The van der Waals surface area contributed by atoms with Gasteiger partial charge in [-0.2, -0.15) is 0 Å². The lowest BCUT2D eigenvalue weighted by Crippen LogP contribution is -2.43. The van der Waals surface area contributed by atoms with E-state index < -0.39 is 10.0 Å². The molecule has 0 saturated carbocycles. The van der Waals surface area contributed by atoms with Gasteiger partial charge in [-0.05, 0) is 24.1 Å². The molecule has 0 spiro atoms. The molecule has 0 bridgehead atoms. The minimum atomic E-state index is -3.43. The van der Waals surface area contributed by atoms with Crippen molar-refractivity contribution in [1.82, 2.24) is 10.6 Å². The van der Waals surface area contributed by atoms with Gasteiger partial charge < -0.3 is 15.5 Å². The van der Waals surface area contributed by atoms with Gasteiger partial charge in [-0.15, -0.1) is 0 Å². The van der Waals surface area contributed by atoms with Crippen LogP contribution in [-0.4, -0.2) is 53.3 Å². The third kappa shape index (κ3) is 5.38. The summed E-state index contributed by atoms with van der Waals surface area (Å²) in [5.41, 5.74) is 1.68. The summed E-state index contributed by atoms with van der Waals surface area (Å²) in [6, 6.07) is 5.15. The summed E-state index contributed by atoms with van der Waals surface area (Å²) in [7, 11) is -3.43. The first kappa shape index (κ1) is 18.5. The molecule has 1 aromatic carbocycles. The Bertz CT molecular complexity index is 683. The van der Waals surface area contributed by atoms with Crippen LogP contribution in [0.4, 0.5) is 11.4 Å². The van der Waals surface area contributed by atoms with E-state index in [-0.39, 0.29) is 5.91 Å². The molecule has 24 heavy (non-hydrogen) atoms. The fourth-order valence-corrected chi connectivity index (χ4v) is 3.10. The van der Waals surface area contributed by atoms with E-state index >= 15 is 0 Å². The van der Waals surface area contributed by atoms with Crippen molar-refractivity contribution in [2.24, 2.45) is 5.92 Å². The fraction of sp³-hybridized carbons (Fsp3) is 0.562. The molecule has 1 amide bonds. The molecule has 1 fully saturated rings. The summed E-state index contributed by atoms with van der Waals surface area (Å²) in [5.74, 6) is 0.148. The van der Waals surface area contributed by atoms with Gasteiger partial charge in [0.1, 0.15) is 0 Å². The second-order valence-corrected chi connectivity index (χ2v) is 8.20. The molecule has 0 atom stereocenters. The van der Waals surface area contributed by atoms with E-state index in [4.69, 9.17) is 0 Å². The lowest BCUT2D eigenvalue weighted by molar-refractivity contribution is 0.0949. The molecule has 1 heterocycles. The van der Waals surface area contributed by atoms with E-state index in [0.717, 1.165) is 38.1 Å². The third-order valence-electron chi connectivity index (χ3n) is 3.68. The SMILES string of the molecule is CC(C)CNC(=O)c1ccc(N2CCNCC2)c(NS(C)(=O)=O)c1. The van der Waals surface area contributed by atoms with E-state index in [9.17, 15) is 13.2 Å². The molecule has 0 aliphatic carbocycles. The second kappa shape index (κ2) is 7.85. The van der Waals surface area contributed by atoms with Gasteiger partial charge in [0.05, 0.1) is 17.6 Å². The van der Waals surface area contributed by atoms with Gasteiger partial charge in [0.2, 0.25) is 10.0 Å². The maximum Gasteiger partial charge on any atom is 0.251 e. The average Bonchev–Trinajstić information content (AvgIpc) is 2.51. The van der Waals surface area contributed by atoms with Crippen LogP contribution in [0, 0.1) is 5.92 Å². The number of hydrogen-bond acceptors (Lipinski definition) is 5. The normalized spacial score (nSPS) is 15.4. The molecule has 8 heteroatoms. The largest absolute Gasteiger partial charge is 0.367 e. The minimum absolute atomic E-state index is 0.202. The highest BCUT2D eigenvalue weighted by atomic mass is 32.2. The summed E-state index contributed by atoms with van der Waals surface area (Å²) in [6.45, 7) is 7.88. The van der Waals surface area contributed by atoms with Crippen molar-refractivity contribution < 1.29 is 13.2 Å². The number of piperazine rings is 1. The molecule has 1 aromatic rings. The van der Waals surface area contributed by atoms with Crippen LogP contribution in [0.25, 0.3) is 0 Å². The molecular weight excluding hydrogens is 328 g/mol. The van der Waals surface area contributed by atoms with Crippen LogP contribution >= 0.6 is 0 Å². The van der Waals surface area contributed by atoms with Crippen LogP contribution in [-0.2, 0) is 10.0 Å². The predicted molar refractivity (Wildman–Crippen MR) is 97.2 cm³/mol. The number of carbonyl (C=O) groups is 1. The van der Waals surface area contributed by atoms with E-state index in [0.29, 0.717) is 23.7 Å². The van der Waals surface area contributed by atoms with Crippen molar-refractivity contribution in [2.75, 3.05) is 48.6 Å². The van der Waals surface area contributed by atoms with Gasteiger partial charge in [0, 0.05) is 38.3 Å². The summed E-state index contributed by atoms with van der Waals surface area (Å²) in [5, 5.41) is 6.11. The van der Waals surface area contributed by atoms with Gasteiger partial charge in [-0.25, -0.2) is 8.42 Å². The number of sulfonamides is 1. The Hall–Kier alpha value is -1.80. The highest BCUT2D eigenvalue weighted by molar-refractivity contribution is 7.92. The van der Waals surface area contributed by atoms with Gasteiger partial charge in [0.25, 0.3) is 5.91 Å². The standard InChI is InChI=1S/C16H26N4O3S/c1-12(2)11-18-16(21)13-4-5-15(20-8-6-17-7-9-20)14(10-13)19-24(3,22)23/h4-5,10,12,17,19H,6-9,11H2,1-3H3,(H,18,21). The lowest BCUT2D eigenvalue weighted by Gasteiger charge is -2.31. The number of anilines is 2. The zero-order valence-corrected chi connectivity index (χ0v) is 15.2. The zero-order chi connectivity index (χ0) is 17.7. The van der Waals surface area contributed by atoms with Gasteiger partial charge in [-0.3, -0.25) is 9.52 Å². The van der Waals surface area contributed by atoms with E-state index in [1.807, 2.05) is 19.9 Å². The zero-order valence-electron chi connectivity index (χ0n) is 14.4. The maximum absolute atomic E-state index is 12.2. The van der Waals surface area contributed by atoms with Crippen LogP contribution < -0.4 is 20.3 Å². The average molecular weight is 354 g/mol. The highest BCUT2D eigenvalue weighted by Crippen LogP contribution is 2.28. The lowest BCUT2D eigenvalue weighted by atomic mass is 10.1. The molecule has 134 valence electrons. The van der Waals surface area contributed by atoms with Crippen LogP contribution in [0.3, 0.4) is 0 Å².